The van der Waals surface area contributed by atoms with Gasteiger partial charge in [0.2, 0.25) is 15.0 Å². The Morgan fingerprint density at radius 1 is 1.03 bits per heavy atom. The quantitative estimate of drug-likeness (QED) is 0.427. The third kappa shape index (κ3) is 4.39. The van der Waals surface area contributed by atoms with E-state index < -0.39 is 35.6 Å². The molecule has 3 rings (SSSR count). The predicted octanol–water partition coefficient (Wildman–Crippen LogP) is 3.47. The van der Waals surface area contributed by atoms with E-state index in [1.807, 2.05) is 0 Å². The molecular weight excluding hydrogens is 487 g/mol. The van der Waals surface area contributed by atoms with Crippen LogP contribution in [0.25, 0.3) is 16.9 Å². The van der Waals surface area contributed by atoms with Gasteiger partial charge in [0.1, 0.15) is 4.90 Å². The van der Waals surface area contributed by atoms with Crippen LogP contribution in [-0.2, 0) is 20.0 Å². The number of sulfone groups is 1. The lowest BCUT2D eigenvalue weighted by Crippen LogP contribution is -2.29. The fourth-order valence-electron chi connectivity index (χ4n) is 3.03. The zero-order valence-electron chi connectivity index (χ0n) is 16.4. The molecule has 164 valence electrons. The lowest BCUT2D eigenvalue weighted by atomic mass is 10.1. The molecule has 0 spiro atoms. The molecule has 31 heavy (non-hydrogen) atoms. The smallest absolute Gasteiger partial charge is 0.282 e. The van der Waals surface area contributed by atoms with E-state index in [1.165, 1.54) is 37.3 Å². The zero-order chi connectivity index (χ0) is 23.3. The van der Waals surface area contributed by atoms with E-state index in [0.29, 0.717) is 5.56 Å². The molecule has 3 aromatic rings. The van der Waals surface area contributed by atoms with E-state index in [4.69, 9.17) is 23.2 Å². The molecule has 1 N–H and O–H groups in total. The molecule has 0 unspecified atom stereocenters. The Kier molecular flexibility index (Phi) is 6.07. The van der Waals surface area contributed by atoms with Gasteiger partial charge in [0.15, 0.2) is 0 Å². The van der Waals surface area contributed by atoms with Crippen molar-refractivity contribution >= 4 is 43.2 Å². The maximum absolute atomic E-state index is 13.3. The number of aryl methyl sites for hydroxylation is 1. The van der Waals surface area contributed by atoms with Gasteiger partial charge in [0, 0.05) is 17.4 Å². The monoisotopic (exact) mass is 502 g/mol. The summed E-state index contributed by atoms with van der Waals surface area (Å²) in [5.74, 6) is 0. The summed E-state index contributed by atoms with van der Waals surface area (Å²) in [6, 6.07) is 8.36. The second-order valence-corrected chi connectivity index (χ2v) is 10.9. The summed E-state index contributed by atoms with van der Waals surface area (Å²) in [6.07, 6.45) is 0.850. The van der Waals surface area contributed by atoms with Gasteiger partial charge in [-0.3, -0.25) is 9.35 Å². The molecule has 0 fully saturated rings. The van der Waals surface area contributed by atoms with Gasteiger partial charge in [0.25, 0.3) is 15.7 Å². The van der Waals surface area contributed by atoms with Crippen molar-refractivity contribution in [1.82, 2.24) is 9.55 Å². The Morgan fingerprint density at radius 2 is 1.68 bits per heavy atom. The molecule has 0 bridgehead atoms. The van der Waals surface area contributed by atoms with E-state index in [2.05, 4.69) is 4.98 Å². The highest BCUT2D eigenvalue weighted by Crippen LogP contribution is 2.32. The van der Waals surface area contributed by atoms with Gasteiger partial charge >= 0.3 is 0 Å². The molecule has 0 saturated heterocycles. The highest BCUT2D eigenvalue weighted by atomic mass is 35.5. The third-order valence-electron chi connectivity index (χ3n) is 4.45. The predicted molar refractivity (Wildman–Crippen MR) is 118 cm³/mol. The normalized spacial score (nSPS) is 12.2. The standard InChI is InChI=1S/C19H16Cl2N2O6S2/c1-10-7-8-15(31(27,28)29)12(9-10)17-11(2)18(24)23(19(22-17)30(3,25)26)14-6-4-5-13(20)16(14)21/h4-9H,1-3H3,(H,27,28,29). The highest BCUT2D eigenvalue weighted by Gasteiger charge is 2.27. The largest absolute Gasteiger partial charge is 0.295 e. The summed E-state index contributed by atoms with van der Waals surface area (Å²) in [4.78, 5) is 16.9. The fourth-order valence-corrected chi connectivity index (χ4v) is 4.85. The minimum atomic E-state index is -4.69. The van der Waals surface area contributed by atoms with Crippen LogP contribution >= 0.6 is 23.2 Å². The van der Waals surface area contributed by atoms with Crippen LogP contribution in [0.3, 0.4) is 0 Å². The van der Waals surface area contributed by atoms with Crippen LogP contribution < -0.4 is 5.56 Å². The SMILES string of the molecule is Cc1ccc(S(=O)(=O)O)c(-c2nc(S(C)(=O)=O)n(-c3cccc(Cl)c3Cl)c(=O)c2C)c1. The van der Waals surface area contributed by atoms with Crippen LogP contribution in [0.2, 0.25) is 10.0 Å². The number of rotatable bonds is 4. The van der Waals surface area contributed by atoms with Crippen molar-refractivity contribution in [1.29, 1.82) is 0 Å². The first-order chi connectivity index (χ1) is 14.2. The molecule has 1 aromatic heterocycles. The number of hydrogen-bond donors (Lipinski definition) is 1. The first-order valence-electron chi connectivity index (χ1n) is 8.60. The van der Waals surface area contributed by atoms with Crippen LogP contribution in [0, 0.1) is 13.8 Å². The maximum Gasteiger partial charge on any atom is 0.295 e. The first kappa shape index (κ1) is 23.4. The Labute approximate surface area is 188 Å². The van der Waals surface area contributed by atoms with Crippen LogP contribution in [0.5, 0.6) is 0 Å². The van der Waals surface area contributed by atoms with Crippen molar-refractivity contribution in [3.05, 3.63) is 67.9 Å². The number of hydrogen-bond acceptors (Lipinski definition) is 6. The maximum atomic E-state index is 13.3. The molecule has 0 aliphatic heterocycles. The van der Waals surface area contributed by atoms with Crippen LogP contribution in [0.1, 0.15) is 11.1 Å². The van der Waals surface area contributed by atoms with Crippen molar-refractivity contribution in [2.75, 3.05) is 6.26 Å². The molecule has 8 nitrogen and oxygen atoms in total. The Bertz CT molecular complexity index is 1500. The molecule has 0 radical (unpaired) electrons. The Balaban J connectivity index is 2.53. The van der Waals surface area contributed by atoms with Gasteiger partial charge < -0.3 is 0 Å². The van der Waals surface area contributed by atoms with E-state index in [9.17, 15) is 26.2 Å². The fraction of sp³-hybridized carbons (Fsp3) is 0.158. The summed E-state index contributed by atoms with van der Waals surface area (Å²) >= 11 is 12.2. The summed E-state index contributed by atoms with van der Waals surface area (Å²) in [7, 11) is -8.79. The zero-order valence-corrected chi connectivity index (χ0v) is 19.6. The molecule has 0 aliphatic rings. The molecule has 0 amide bonds. The van der Waals surface area contributed by atoms with Gasteiger partial charge in [-0.1, -0.05) is 40.9 Å². The number of benzene rings is 2. The van der Waals surface area contributed by atoms with Crippen molar-refractivity contribution < 1.29 is 21.4 Å². The molecule has 0 aliphatic carbocycles. The van der Waals surface area contributed by atoms with Gasteiger partial charge in [-0.15, -0.1) is 0 Å². The van der Waals surface area contributed by atoms with Gasteiger partial charge in [0.05, 0.1) is 21.4 Å². The van der Waals surface area contributed by atoms with E-state index in [0.717, 1.165) is 16.9 Å². The van der Waals surface area contributed by atoms with E-state index in [1.54, 1.807) is 6.92 Å². The topological polar surface area (TPSA) is 123 Å². The minimum absolute atomic E-state index is 0.000914. The minimum Gasteiger partial charge on any atom is -0.282 e. The molecule has 2 aromatic carbocycles. The van der Waals surface area contributed by atoms with E-state index >= 15 is 0 Å². The van der Waals surface area contributed by atoms with E-state index in [-0.39, 0.29) is 32.6 Å². The van der Waals surface area contributed by atoms with Crippen molar-refractivity contribution in [3.63, 3.8) is 0 Å². The molecule has 12 heteroatoms. The summed E-state index contributed by atoms with van der Waals surface area (Å²) in [6.45, 7) is 3.03. The van der Waals surface area contributed by atoms with Crippen molar-refractivity contribution in [3.8, 4) is 16.9 Å². The van der Waals surface area contributed by atoms with Crippen molar-refractivity contribution in [2.24, 2.45) is 0 Å². The average Bonchev–Trinajstić information content (AvgIpc) is 2.64. The highest BCUT2D eigenvalue weighted by molar-refractivity contribution is 7.90. The first-order valence-corrected chi connectivity index (χ1v) is 12.7. The molecular formula is C19H16Cl2N2O6S2. The average molecular weight is 503 g/mol. The summed E-state index contributed by atoms with van der Waals surface area (Å²) in [5, 5.41) is -0.621. The summed E-state index contributed by atoms with van der Waals surface area (Å²) < 4.78 is 59.3. The van der Waals surface area contributed by atoms with Crippen LogP contribution in [0.4, 0.5) is 0 Å². The third-order valence-corrected chi connectivity index (χ3v) is 7.11. The number of halogens is 2. The van der Waals surface area contributed by atoms with Gasteiger partial charge in [-0.2, -0.15) is 8.42 Å². The molecule has 0 atom stereocenters. The Morgan fingerprint density at radius 3 is 2.26 bits per heavy atom. The number of aromatic nitrogens is 2. The second-order valence-electron chi connectivity index (χ2n) is 6.83. The van der Waals surface area contributed by atoms with Gasteiger partial charge in [-0.25, -0.2) is 18.0 Å². The van der Waals surface area contributed by atoms with Crippen molar-refractivity contribution in [2.45, 2.75) is 23.9 Å². The van der Waals surface area contributed by atoms with Crippen LogP contribution in [0.15, 0.2) is 51.2 Å². The number of nitrogens with zero attached hydrogens (tertiary/aromatic N) is 2. The lowest BCUT2D eigenvalue weighted by molar-refractivity contribution is 0.483. The van der Waals surface area contributed by atoms with Gasteiger partial charge in [-0.05, 0) is 38.1 Å². The molecule has 1 heterocycles. The second kappa shape index (κ2) is 8.03. The van der Waals surface area contributed by atoms with Crippen LogP contribution in [-0.4, -0.2) is 37.2 Å². The Hall–Kier alpha value is -2.24. The molecule has 0 saturated carbocycles. The summed E-state index contributed by atoms with van der Waals surface area (Å²) in [5.41, 5.74) is -0.550. The lowest BCUT2D eigenvalue weighted by Gasteiger charge is -2.17.